The van der Waals surface area contributed by atoms with Crippen LogP contribution in [0.3, 0.4) is 0 Å². The molecule has 2 aromatic rings. The van der Waals surface area contributed by atoms with Gasteiger partial charge in [-0.1, -0.05) is 24.6 Å². The van der Waals surface area contributed by atoms with Crippen LogP contribution in [-0.2, 0) is 0 Å². The molecule has 1 saturated carbocycles. The van der Waals surface area contributed by atoms with Gasteiger partial charge in [-0.15, -0.1) is 0 Å². The molecule has 0 aliphatic heterocycles. The fourth-order valence-electron chi connectivity index (χ4n) is 2.42. The van der Waals surface area contributed by atoms with Crippen molar-refractivity contribution >= 4 is 10.9 Å². The number of ether oxygens (including phenoxy) is 1. The molecular formula is C14H17N3O. The third-order valence-corrected chi connectivity index (χ3v) is 3.48. The molecule has 2 atom stereocenters. The zero-order valence-corrected chi connectivity index (χ0v) is 10.2. The van der Waals surface area contributed by atoms with Gasteiger partial charge >= 0.3 is 6.01 Å². The summed E-state index contributed by atoms with van der Waals surface area (Å²) >= 11 is 0. The van der Waals surface area contributed by atoms with E-state index in [1.165, 1.54) is 12.8 Å². The lowest BCUT2D eigenvalue weighted by atomic mass is 9.93. The average Bonchev–Trinajstić information content (AvgIpc) is 2.41. The lowest BCUT2D eigenvalue weighted by Gasteiger charge is -2.28. The monoisotopic (exact) mass is 243 g/mol. The van der Waals surface area contributed by atoms with Crippen molar-refractivity contribution < 1.29 is 4.74 Å². The van der Waals surface area contributed by atoms with Crippen molar-refractivity contribution in [2.24, 2.45) is 5.73 Å². The van der Waals surface area contributed by atoms with Crippen LogP contribution >= 0.6 is 0 Å². The Morgan fingerprint density at radius 2 is 2.00 bits per heavy atom. The smallest absolute Gasteiger partial charge is 0.317 e. The molecule has 0 spiro atoms. The second-order valence-electron chi connectivity index (χ2n) is 4.82. The van der Waals surface area contributed by atoms with Crippen molar-refractivity contribution in [3.63, 3.8) is 0 Å². The van der Waals surface area contributed by atoms with Crippen molar-refractivity contribution in [2.45, 2.75) is 37.8 Å². The van der Waals surface area contributed by atoms with E-state index in [4.69, 9.17) is 10.5 Å². The van der Waals surface area contributed by atoms with Crippen molar-refractivity contribution in [3.8, 4) is 6.01 Å². The first-order valence-electron chi connectivity index (χ1n) is 6.47. The molecule has 3 rings (SSSR count). The van der Waals surface area contributed by atoms with Gasteiger partial charge in [-0.05, 0) is 25.3 Å². The van der Waals surface area contributed by atoms with Crippen molar-refractivity contribution in [1.29, 1.82) is 0 Å². The highest BCUT2D eigenvalue weighted by Crippen LogP contribution is 2.21. The molecule has 1 aromatic carbocycles. The van der Waals surface area contributed by atoms with Crippen LogP contribution in [0.15, 0.2) is 30.5 Å². The number of rotatable bonds is 2. The van der Waals surface area contributed by atoms with E-state index < -0.39 is 0 Å². The fraction of sp³-hybridized carbons (Fsp3) is 0.429. The van der Waals surface area contributed by atoms with E-state index in [-0.39, 0.29) is 12.1 Å². The minimum absolute atomic E-state index is 0.0555. The Bertz CT molecular complexity index is 543. The van der Waals surface area contributed by atoms with E-state index in [2.05, 4.69) is 9.97 Å². The molecule has 4 nitrogen and oxygen atoms in total. The minimum Gasteiger partial charge on any atom is -0.458 e. The van der Waals surface area contributed by atoms with Crippen molar-refractivity contribution in [3.05, 3.63) is 30.5 Å². The van der Waals surface area contributed by atoms with E-state index in [0.717, 1.165) is 23.7 Å². The van der Waals surface area contributed by atoms with E-state index >= 15 is 0 Å². The topological polar surface area (TPSA) is 61.0 Å². The van der Waals surface area contributed by atoms with Crippen LogP contribution in [0.2, 0.25) is 0 Å². The van der Waals surface area contributed by atoms with Crippen LogP contribution in [-0.4, -0.2) is 22.1 Å². The molecule has 18 heavy (non-hydrogen) atoms. The van der Waals surface area contributed by atoms with Gasteiger partial charge in [0.15, 0.2) is 0 Å². The van der Waals surface area contributed by atoms with Crippen molar-refractivity contribution in [2.75, 3.05) is 0 Å². The van der Waals surface area contributed by atoms with Gasteiger partial charge in [0.25, 0.3) is 0 Å². The summed E-state index contributed by atoms with van der Waals surface area (Å²) in [5.41, 5.74) is 6.97. The largest absolute Gasteiger partial charge is 0.458 e. The summed E-state index contributed by atoms with van der Waals surface area (Å²) in [5, 5.41) is 1.03. The molecule has 1 fully saturated rings. The molecule has 1 aliphatic carbocycles. The number of fused-ring (bicyclic) bond motifs is 1. The Morgan fingerprint density at radius 3 is 2.89 bits per heavy atom. The zero-order chi connectivity index (χ0) is 12.4. The average molecular weight is 243 g/mol. The van der Waals surface area contributed by atoms with E-state index in [1.807, 2.05) is 24.3 Å². The van der Waals surface area contributed by atoms with E-state index in [0.29, 0.717) is 6.01 Å². The zero-order valence-electron chi connectivity index (χ0n) is 10.2. The molecule has 2 unspecified atom stereocenters. The van der Waals surface area contributed by atoms with Gasteiger partial charge < -0.3 is 10.5 Å². The second kappa shape index (κ2) is 4.90. The standard InChI is InChI=1S/C14H17N3O/c15-11-6-2-4-8-13(11)18-14-16-9-10-5-1-3-7-12(10)17-14/h1,3,5,7,9,11,13H,2,4,6,8,15H2. The first-order chi connectivity index (χ1) is 8.83. The number of benzene rings is 1. The first-order valence-corrected chi connectivity index (χ1v) is 6.47. The molecular weight excluding hydrogens is 226 g/mol. The number of nitrogens with two attached hydrogens (primary N) is 1. The quantitative estimate of drug-likeness (QED) is 0.879. The maximum absolute atomic E-state index is 6.06. The molecule has 4 heteroatoms. The molecule has 1 aliphatic rings. The fourth-order valence-corrected chi connectivity index (χ4v) is 2.42. The summed E-state index contributed by atoms with van der Waals surface area (Å²) in [4.78, 5) is 8.66. The number of nitrogens with zero attached hydrogens (tertiary/aromatic N) is 2. The van der Waals surface area contributed by atoms with Gasteiger partial charge in [0.1, 0.15) is 6.10 Å². The highest BCUT2D eigenvalue weighted by atomic mass is 16.5. The predicted octanol–water partition coefficient (Wildman–Crippen LogP) is 2.28. The van der Waals surface area contributed by atoms with Crippen LogP contribution in [0.4, 0.5) is 0 Å². The van der Waals surface area contributed by atoms with E-state index in [1.54, 1.807) is 6.20 Å². The summed E-state index contributed by atoms with van der Waals surface area (Å²) in [7, 11) is 0. The van der Waals surface area contributed by atoms with Crippen LogP contribution in [0, 0.1) is 0 Å². The second-order valence-corrected chi connectivity index (χ2v) is 4.82. The van der Waals surface area contributed by atoms with Gasteiger partial charge in [0, 0.05) is 17.6 Å². The third-order valence-electron chi connectivity index (χ3n) is 3.48. The lowest BCUT2D eigenvalue weighted by Crippen LogP contribution is -2.41. The van der Waals surface area contributed by atoms with Crippen LogP contribution < -0.4 is 10.5 Å². The summed E-state index contributed by atoms with van der Waals surface area (Å²) in [6.07, 6.45) is 6.24. The Balaban J connectivity index is 1.81. The van der Waals surface area contributed by atoms with Gasteiger partial charge in [0.2, 0.25) is 0 Å². The third kappa shape index (κ3) is 2.29. The lowest BCUT2D eigenvalue weighted by molar-refractivity contribution is 0.121. The number of hydrogen-bond acceptors (Lipinski definition) is 4. The Labute approximate surface area is 106 Å². The SMILES string of the molecule is NC1CCCCC1Oc1ncc2ccccc2n1. The number of hydrogen-bond donors (Lipinski definition) is 1. The summed E-state index contributed by atoms with van der Waals surface area (Å²) < 4.78 is 5.83. The summed E-state index contributed by atoms with van der Waals surface area (Å²) in [5.74, 6) is 0. The van der Waals surface area contributed by atoms with Crippen LogP contribution in [0.1, 0.15) is 25.7 Å². The number of para-hydroxylation sites is 1. The molecule has 94 valence electrons. The summed E-state index contributed by atoms with van der Waals surface area (Å²) in [6.45, 7) is 0. The Hall–Kier alpha value is -1.68. The Morgan fingerprint density at radius 1 is 1.17 bits per heavy atom. The first kappa shape index (κ1) is 11.4. The maximum atomic E-state index is 6.06. The van der Waals surface area contributed by atoms with Gasteiger partial charge in [-0.2, -0.15) is 4.98 Å². The number of aromatic nitrogens is 2. The van der Waals surface area contributed by atoms with Gasteiger partial charge in [0.05, 0.1) is 5.52 Å². The predicted molar refractivity (Wildman–Crippen MR) is 70.4 cm³/mol. The normalized spacial score (nSPS) is 24.1. The highest BCUT2D eigenvalue weighted by molar-refractivity contribution is 5.77. The molecule has 0 saturated heterocycles. The molecule has 0 bridgehead atoms. The maximum Gasteiger partial charge on any atom is 0.317 e. The molecule has 1 aromatic heterocycles. The molecule has 1 heterocycles. The van der Waals surface area contributed by atoms with Gasteiger partial charge in [-0.25, -0.2) is 4.98 Å². The molecule has 0 radical (unpaired) electrons. The van der Waals surface area contributed by atoms with Gasteiger partial charge in [-0.3, -0.25) is 0 Å². The van der Waals surface area contributed by atoms with Crippen LogP contribution in [0.5, 0.6) is 6.01 Å². The highest BCUT2D eigenvalue weighted by Gasteiger charge is 2.24. The Kier molecular flexibility index (Phi) is 3.11. The van der Waals surface area contributed by atoms with E-state index in [9.17, 15) is 0 Å². The minimum atomic E-state index is 0.0555. The van der Waals surface area contributed by atoms with Crippen LogP contribution in [0.25, 0.3) is 10.9 Å². The molecule has 0 amide bonds. The summed E-state index contributed by atoms with van der Waals surface area (Å²) in [6, 6.07) is 8.44. The van der Waals surface area contributed by atoms with Crippen molar-refractivity contribution in [1.82, 2.24) is 9.97 Å². The molecule has 2 N–H and O–H groups in total.